The van der Waals surface area contributed by atoms with Crippen LogP contribution in [0.4, 0.5) is 0 Å². The van der Waals surface area contributed by atoms with E-state index in [2.05, 4.69) is 153 Å². The van der Waals surface area contributed by atoms with Crippen molar-refractivity contribution in [2.45, 2.75) is 19.3 Å². The largest absolute Gasteiger partial charge is 0.208 e. The van der Waals surface area contributed by atoms with E-state index in [1.54, 1.807) is 0 Å². The number of nitrogens with zero attached hydrogens (tertiary/aromatic N) is 4. The first-order valence-corrected chi connectivity index (χ1v) is 16.5. The molecule has 49 heavy (non-hydrogen) atoms. The third kappa shape index (κ3) is 4.87. The number of benzene rings is 7. The normalized spacial score (nSPS) is 12.8. The molecule has 1 aliphatic rings. The van der Waals surface area contributed by atoms with Crippen LogP contribution in [0.5, 0.6) is 0 Å². The summed E-state index contributed by atoms with van der Waals surface area (Å²) in [5.41, 5.74) is 10.4. The number of aromatic nitrogens is 3. The Balaban J connectivity index is 1.18. The van der Waals surface area contributed by atoms with E-state index in [1.807, 2.05) is 12.1 Å². The minimum absolute atomic E-state index is 0.179. The van der Waals surface area contributed by atoms with Crippen LogP contribution in [-0.2, 0) is 5.41 Å². The molecule has 0 fully saturated rings. The smallest absolute Gasteiger partial charge is 0.164 e. The van der Waals surface area contributed by atoms with Gasteiger partial charge in [-0.3, -0.25) is 0 Å². The molecule has 1 aromatic heterocycles. The van der Waals surface area contributed by atoms with E-state index in [0.717, 1.165) is 38.6 Å². The zero-order chi connectivity index (χ0) is 33.1. The van der Waals surface area contributed by atoms with E-state index in [-0.39, 0.29) is 5.41 Å². The van der Waals surface area contributed by atoms with Crippen molar-refractivity contribution in [1.29, 1.82) is 5.26 Å². The van der Waals surface area contributed by atoms with Crippen molar-refractivity contribution in [1.82, 2.24) is 15.0 Å². The molecule has 1 aliphatic carbocycles. The van der Waals surface area contributed by atoms with Crippen LogP contribution in [0, 0.1) is 11.3 Å². The average Bonchev–Trinajstić information content (AvgIpc) is 3.39. The molecule has 8 aromatic rings. The van der Waals surface area contributed by atoms with E-state index in [4.69, 9.17) is 15.0 Å². The lowest BCUT2D eigenvalue weighted by atomic mass is 9.81. The van der Waals surface area contributed by atoms with Crippen LogP contribution in [0.2, 0.25) is 0 Å². The van der Waals surface area contributed by atoms with Gasteiger partial charge in [-0.05, 0) is 91.3 Å². The highest BCUT2D eigenvalue weighted by molar-refractivity contribution is 5.89. The third-order valence-electron chi connectivity index (χ3n) is 9.91. The highest BCUT2D eigenvalue weighted by Crippen LogP contribution is 2.50. The Bertz CT molecular complexity index is 2560. The lowest BCUT2D eigenvalue weighted by molar-refractivity contribution is 0.660. The highest BCUT2D eigenvalue weighted by Gasteiger charge is 2.35. The van der Waals surface area contributed by atoms with Gasteiger partial charge in [0.05, 0.1) is 11.6 Å². The van der Waals surface area contributed by atoms with Crippen LogP contribution in [0.15, 0.2) is 146 Å². The number of hydrogen-bond acceptors (Lipinski definition) is 4. The van der Waals surface area contributed by atoms with Gasteiger partial charge in [0.1, 0.15) is 0 Å². The minimum atomic E-state index is -0.179. The predicted octanol–water partition coefficient (Wildman–Crippen LogP) is 11.0. The fourth-order valence-corrected chi connectivity index (χ4v) is 7.26. The lowest BCUT2D eigenvalue weighted by Gasteiger charge is -2.21. The molecule has 0 unspecified atom stereocenters. The molecule has 4 heteroatoms. The zero-order valence-corrected chi connectivity index (χ0v) is 27.1. The number of nitriles is 1. The Morgan fingerprint density at radius 2 is 0.959 bits per heavy atom. The summed E-state index contributed by atoms with van der Waals surface area (Å²) in [6, 6.07) is 52.9. The molecule has 1 heterocycles. The number of fused-ring (bicyclic) bond motifs is 5. The molecule has 0 saturated carbocycles. The van der Waals surface area contributed by atoms with Gasteiger partial charge in [-0.1, -0.05) is 123 Å². The minimum Gasteiger partial charge on any atom is -0.208 e. The molecule has 0 radical (unpaired) electrons. The second kappa shape index (κ2) is 11.1. The Labute approximate surface area is 285 Å². The van der Waals surface area contributed by atoms with Crippen LogP contribution in [-0.4, -0.2) is 15.0 Å². The van der Waals surface area contributed by atoms with Crippen LogP contribution in [0.25, 0.3) is 78.0 Å². The molecule has 0 spiro atoms. The fraction of sp³-hybridized carbons (Fsp3) is 0.0667. The maximum atomic E-state index is 9.55. The fourth-order valence-electron chi connectivity index (χ4n) is 7.26. The maximum Gasteiger partial charge on any atom is 0.164 e. The standard InChI is InChI=1S/C45H30N4/c1-45(2)40-21-19-34(26-39(40)38-20-14-28(27-46)22-41(38)45)33-12-7-13-35(25-33)42-47-43(36-17-15-29-8-3-5-10-31(29)23-36)49-44(48-42)37-18-16-30-9-4-6-11-32(30)24-37/h3-26H,1-2H3. The van der Waals surface area contributed by atoms with Crippen molar-refractivity contribution in [2.24, 2.45) is 0 Å². The van der Waals surface area contributed by atoms with Crippen LogP contribution in [0.3, 0.4) is 0 Å². The van der Waals surface area contributed by atoms with Gasteiger partial charge in [-0.2, -0.15) is 5.26 Å². The molecule has 0 aliphatic heterocycles. The summed E-state index contributed by atoms with van der Waals surface area (Å²) >= 11 is 0. The summed E-state index contributed by atoms with van der Waals surface area (Å²) in [5.74, 6) is 1.90. The van der Waals surface area contributed by atoms with Crippen LogP contribution < -0.4 is 0 Å². The third-order valence-corrected chi connectivity index (χ3v) is 9.91. The molecule has 4 nitrogen and oxygen atoms in total. The Morgan fingerprint density at radius 3 is 1.57 bits per heavy atom. The van der Waals surface area contributed by atoms with Gasteiger partial charge in [-0.15, -0.1) is 0 Å². The maximum absolute atomic E-state index is 9.55. The van der Waals surface area contributed by atoms with Crippen molar-refractivity contribution in [2.75, 3.05) is 0 Å². The second-order valence-corrected chi connectivity index (χ2v) is 13.3. The molecule has 0 atom stereocenters. The highest BCUT2D eigenvalue weighted by atomic mass is 15.0. The van der Waals surface area contributed by atoms with Crippen LogP contribution in [0.1, 0.15) is 30.5 Å². The predicted molar refractivity (Wildman–Crippen MR) is 199 cm³/mol. The Kier molecular flexibility index (Phi) is 6.50. The van der Waals surface area contributed by atoms with E-state index < -0.39 is 0 Å². The summed E-state index contributed by atoms with van der Waals surface area (Å²) in [6.07, 6.45) is 0. The van der Waals surface area contributed by atoms with Crippen molar-refractivity contribution < 1.29 is 0 Å². The molecule has 9 rings (SSSR count). The van der Waals surface area contributed by atoms with Crippen LogP contribution >= 0.6 is 0 Å². The van der Waals surface area contributed by atoms with Gasteiger partial charge in [0.2, 0.25) is 0 Å². The van der Waals surface area contributed by atoms with Gasteiger partial charge in [-0.25, -0.2) is 15.0 Å². The number of hydrogen-bond donors (Lipinski definition) is 0. The van der Waals surface area contributed by atoms with Crippen molar-refractivity contribution in [3.8, 4) is 62.5 Å². The van der Waals surface area contributed by atoms with E-state index in [1.165, 1.54) is 33.0 Å². The number of rotatable bonds is 4. The van der Waals surface area contributed by atoms with E-state index in [0.29, 0.717) is 23.0 Å². The molecule has 230 valence electrons. The Hall–Kier alpha value is -6.44. The first kappa shape index (κ1) is 28.8. The second-order valence-electron chi connectivity index (χ2n) is 13.3. The van der Waals surface area contributed by atoms with E-state index in [9.17, 15) is 5.26 Å². The van der Waals surface area contributed by atoms with Crippen molar-refractivity contribution in [3.63, 3.8) is 0 Å². The lowest BCUT2D eigenvalue weighted by Crippen LogP contribution is -2.15. The van der Waals surface area contributed by atoms with Crippen molar-refractivity contribution in [3.05, 3.63) is 162 Å². The van der Waals surface area contributed by atoms with Gasteiger partial charge in [0.25, 0.3) is 0 Å². The average molecular weight is 627 g/mol. The first-order valence-electron chi connectivity index (χ1n) is 16.5. The summed E-state index contributed by atoms with van der Waals surface area (Å²) < 4.78 is 0. The van der Waals surface area contributed by atoms with Gasteiger partial charge < -0.3 is 0 Å². The Morgan fingerprint density at radius 1 is 0.429 bits per heavy atom. The summed E-state index contributed by atoms with van der Waals surface area (Å²) in [5, 5.41) is 14.2. The zero-order valence-electron chi connectivity index (χ0n) is 27.1. The van der Waals surface area contributed by atoms with E-state index >= 15 is 0 Å². The van der Waals surface area contributed by atoms with Gasteiger partial charge >= 0.3 is 0 Å². The molecular formula is C45H30N4. The quantitative estimate of drug-likeness (QED) is 0.195. The monoisotopic (exact) mass is 626 g/mol. The van der Waals surface area contributed by atoms with Crippen molar-refractivity contribution >= 4 is 21.5 Å². The molecule has 0 amide bonds. The summed E-state index contributed by atoms with van der Waals surface area (Å²) in [6.45, 7) is 4.47. The SMILES string of the molecule is CC1(C)c2ccc(-c3cccc(-c4nc(-c5ccc6ccccc6c5)nc(-c5ccc6ccccc6c5)n4)c3)cc2-c2ccc(C#N)cc21. The summed E-state index contributed by atoms with van der Waals surface area (Å²) in [4.78, 5) is 15.2. The topological polar surface area (TPSA) is 62.5 Å². The first-order chi connectivity index (χ1) is 23.9. The van der Waals surface area contributed by atoms with Gasteiger partial charge in [0, 0.05) is 22.1 Å². The van der Waals surface area contributed by atoms with Gasteiger partial charge in [0.15, 0.2) is 17.5 Å². The molecule has 0 N–H and O–H groups in total. The summed E-state index contributed by atoms with van der Waals surface area (Å²) in [7, 11) is 0. The molecule has 0 bridgehead atoms. The molecule has 0 saturated heterocycles. The molecular weight excluding hydrogens is 597 g/mol. The molecule has 7 aromatic carbocycles.